The van der Waals surface area contributed by atoms with Gasteiger partial charge in [0.1, 0.15) is 0 Å². The van der Waals surface area contributed by atoms with Gasteiger partial charge in [0.05, 0.1) is 12.0 Å². The highest BCUT2D eigenvalue weighted by atomic mass is 15.2. The van der Waals surface area contributed by atoms with Crippen LogP contribution in [-0.2, 0) is 0 Å². The highest BCUT2D eigenvalue weighted by Gasteiger charge is 2.38. The molecule has 2 nitrogen and oxygen atoms in total. The van der Waals surface area contributed by atoms with Gasteiger partial charge in [-0.05, 0) is 26.3 Å². The summed E-state index contributed by atoms with van der Waals surface area (Å²) < 4.78 is 0. The van der Waals surface area contributed by atoms with Gasteiger partial charge in [-0.1, -0.05) is 30.3 Å². The minimum atomic E-state index is 0.122. The van der Waals surface area contributed by atoms with Crippen LogP contribution in [0.5, 0.6) is 0 Å². The van der Waals surface area contributed by atoms with Gasteiger partial charge >= 0.3 is 0 Å². The molecule has 1 aliphatic rings. The van der Waals surface area contributed by atoms with E-state index >= 15 is 0 Å². The molecule has 0 saturated carbocycles. The predicted octanol–water partition coefficient (Wildman–Crippen LogP) is 3.02. The summed E-state index contributed by atoms with van der Waals surface area (Å²) in [7, 11) is 0. The van der Waals surface area contributed by atoms with E-state index in [1.807, 2.05) is 6.07 Å². The van der Waals surface area contributed by atoms with Crippen molar-refractivity contribution in [2.24, 2.45) is 5.92 Å². The Morgan fingerprint density at radius 3 is 2.35 bits per heavy atom. The first-order valence-electron chi connectivity index (χ1n) is 6.22. The molecule has 17 heavy (non-hydrogen) atoms. The van der Waals surface area contributed by atoms with Gasteiger partial charge in [0, 0.05) is 24.5 Å². The maximum Gasteiger partial charge on any atom is 0.0676 e. The van der Waals surface area contributed by atoms with E-state index in [1.54, 1.807) is 0 Å². The molecule has 0 unspecified atom stereocenters. The lowest BCUT2D eigenvalue weighted by atomic mass is 9.90. The third kappa shape index (κ3) is 2.50. The Bertz CT molecular complexity index is 411. The zero-order valence-electron chi connectivity index (χ0n) is 10.9. The fraction of sp³-hybridized carbons (Fsp3) is 0.533. The van der Waals surface area contributed by atoms with Crippen molar-refractivity contribution >= 4 is 0 Å². The molecule has 0 radical (unpaired) electrons. The van der Waals surface area contributed by atoms with Crippen LogP contribution in [0.15, 0.2) is 30.3 Å². The van der Waals surface area contributed by atoms with E-state index in [0.29, 0.717) is 5.92 Å². The van der Waals surface area contributed by atoms with Crippen molar-refractivity contribution in [3.05, 3.63) is 35.9 Å². The van der Waals surface area contributed by atoms with Crippen molar-refractivity contribution in [1.29, 1.82) is 5.26 Å². The highest BCUT2D eigenvalue weighted by molar-refractivity contribution is 5.25. The van der Waals surface area contributed by atoms with Gasteiger partial charge in [0.25, 0.3) is 0 Å². The van der Waals surface area contributed by atoms with Gasteiger partial charge in [-0.2, -0.15) is 5.26 Å². The second kappa shape index (κ2) is 4.50. The van der Waals surface area contributed by atoms with Crippen LogP contribution in [-0.4, -0.2) is 23.5 Å². The van der Waals surface area contributed by atoms with Gasteiger partial charge in [-0.3, -0.25) is 4.90 Å². The highest BCUT2D eigenvalue weighted by Crippen LogP contribution is 2.35. The first-order valence-corrected chi connectivity index (χ1v) is 6.22. The number of nitriles is 1. The van der Waals surface area contributed by atoms with E-state index in [4.69, 9.17) is 0 Å². The molecule has 1 aromatic carbocycles. The van der Waals surface area contributed by atoms with E-state index in [2.05, 4.69) is 56.0 Å². The molecule has 0 bridgehead atoms. The Labute approximate surface area is 104 Å². The van der Waals surface area contributed by atoms with Crippen molar-refractivity contribution in [3.63, 3.8) is 0 Å². The summed E-state index contributed by atoms with van der Waals surface area (Å²) in [5, 5.41) is 9.30. The summed E-state index contributed by atoms with van der Waals surface area (Å²) >= 11 is 0. The number of hydrogen-bond acceptors (Lipinski definition) is 2. The van der Waals surface area contributed by atoms with Crippen LogP contribution in [0.2, 0.25) is 0 Å². The maximum absolute atomic E-state index is 9.30. The minimum absolute atomic E-state index is 0.122. The van der Waals surface area contributed by atoms with Crippen LogP contribution < -0.4 is 0 Å². The summed E-state index contributed by atoms with van der Waals surface area (Å²) in [4.78, 5) is 2.42. The van der Waals surface area contributed by atoms with Crippen LogP contribution in [0.1, 0.15) is 32.3 Å². The lowest BCUT2D eigenvalue weighted by molar-refractivity contribution is 0.170. The summed E-state index contributed by atoms with van der Waals surface area (Å²) in [6.07, 6.45) is 0. The molecule has 1 aromatic rings. The van der Waals surface area contributed by atoms with Crippen LogP contribution in [0.25, 0.3) is 0 Å². The third-order valence-electron chi connectivity index (χ3n) is 3.66. The zero-order chi connectivity index (χ0) is 12.5. The fourth-order valence-corrected chi connectivity index (χ4v) is 2.52. The standard InChI is InChI=1S/C15H20N2/c1-15(2,3)17-10-13(9-16)14(11-17)12-7-5-4-6-8-12/h4-8,13-14H,10-11H2,1-3H3/t13-,14+/m1/s1. The molecule has 1 aliphatic heterocycles. The molecule has 0 N–H and O–H groups in total. The molecule has 2 heteroatoms. The molecular weight excluding hydrogens is 208 g/mol. The lowest BCUT2D eigenvalue weighted by Crippen LogP contribution is -2.39. The van der Waals surface area contributed by atoms with E-state index in [9.17, 15) is 5.26 Å². The number of benzene rings is 1. The minimum Gasteiger partial charge on any atom is -0.297 e. The molecule has 1 heterocycles. The number of hydrogen-bond donors (Lipinski definition) is 0. The van der Waals surface area contributed by atoms with Crippen molar-refractivity contribution in [2.75, 3.05) is 13.1 Å². The number of nitrogens with zero attached hydrogens (tertiary/aromatic N) is 2. The number of rotatable bonds is 1. The summed E-state index contributed by atoms with van der Waals surface area (Å²) in [6.45, 7) is 8.53. The summed E-state index contributed by atoms with van der Waals surface area (Å²) in [6, 6.07) is 12.9. The second-order valence-corrected chi connectivity index (χ2v) is 5.83. The maximum atomic E-state index is 9.30. The third-order valence-corrected chi connectivity index (χ3v) is 3.66. The number of likely N-dealkylation sites (tertiary alicyclic amines) is 1. The average Bonchev–Trinajstić information content (AvgIpc) is 2.73. The smallest absolute Gasteiger partial charge is 0.0676 e. The van der Waals surface area contributed by atoms with Gasteiger partial charge in [0.15, 0.2) is 0 Å². The van der Waals surface area contributed by atoms with E-state index in [1.165, 1.54) is 5.56 Å². The molecule has 0 spiro atoms. The Kier molecular flexibility index (Phi) is 3.22. The molecule has 0 amide bonds. The normalized spacial score (nSPS) is 25.8. The summed E-state index contributed by atoms with van der Waals surface area (Å²) in [5.74, 6) is 0.483. The van der Waals surface area contributed by atoms with Crippen LogP contribution >= 0.6 is 0 Å². The summed E-state index contributed by atoms with van der Waals surface area (Å²) in [5.41, 5.74) is 1.45. The second-order valence-electron chi connectivity index (χ2n) is 5.83. The van der Waals surface area contributed by atoms with E-state index < -0.39 is 0 Å². The Morgan fingerprint density at radius 2 is 1.82 bits per heavy atom. The fourth-order valence-electron chi connectivity index (χ4n) is 2.52. The van der Waals surface area contributed by atoms with E-state index in [0.717, 1.165) is 13.1 Å². The largest absolute Gasteiger partial charge is 0.297 e. The Morgan fingerprint density at radius 1 is 1.18 bits per heavy atom. The molecule has 1 fully saturated rings. The van der Waals surface area contributed by atoms with Gasteiger partial charge in [0.2, 0.25) is 0 Å². The Balaban J connectivity index is 2.22. The van der Waals surface area contributed by atoms with E-state index in [-0.39, 0.29) is 11.5 Å². The van der Waals surface area contributed by atoms with Crippen LogP contribution in [0.4, 0.5) is 0 Å². The van der Waals surface area contributed by atoms with Gasteiger partial charge in [-0.25, -0.2) is 0 Å². The molecular formula is C15H20N2. The Hall–Kier alpha value is -1.33. The zero-order valence-corrected chi connectivity index (χ0v) is 10.9. The lowest BCUT2D eigenvalue weighted by Gasteiger charge is -2.31. The van der Waals surface area contributed by atoms with Crippen LogP contribution in [0, 0.1) is 17.2 Å². The topological polar surface area (TPSA) is 27.0 Å². The molecule has 90 valence electrons. The van der Waals surface area contributed by atoms with Gasteiger partial charge in [-0.15, -0.1) is 0 Å². The van der Waals surface area contributed by atoms with Crippen molar-refractivity contribution in [1.82, 2.24) is 4.90 Å². The predicted molar refractivity (Wildman–Crippen MR) is 69.6 cm³/mol. The average molecular weight is 228 g/mol. The quantitative estimate of drug-likeness (QED) is 0.738. The van der Waals surface area contributed by atoms with Crippen molar-refractivity contribution < 1.29 is 0 Å². The molecule has 0 aromatic heterocycles. The molecule has 0 aliphatic carbocycles. The van der Waals surface area contributed by atoms with Crippen LogP contribution in [0.3, 0.4) is 0 Å². The molecule has 2 rings (SSSR count). The SMILES string of the molecule is CC(C)(C)N1C[C@@H](C#N)[C@H](c2ccccc2)C1. The van der Waals surface area contributed by atoms with Gasteiger partial charge < -0.3 is 0 Å². The first-order chi connectivity index (χ1) is 8.02. The monoisotopic (exact) mass is 228 g/mol. The molecule has 1 saturated heterocycles. The first kappa shape index (κ1) is 12.1. The molecule has 2 atom stereocenters. The van der Waals surface area contributed by atoms with Crippen molar-refractivity contribution in [2.45, 2.75) is 32.2 Å². The van der Waals surface area contributed by atoms with Crippen molar-refractivity contribution in [3.8, 4) is 6.07 Å².